The van der Waals surface area contributed by atoms with Crippen molar-refractivity contribution in [1.82, 2.24) is 4.72 Å². The molecule has 8 heteroatoms. The van der Waals surface area contributed by atoms with Gasteiger partial charge in [0.05, 0.1) is 17.4 Å². The van der Waals surface area contributed by atoms with E-state index in [4.69, 9.17) is 16.0 Å². The fourth-order valence-electron chi connectivity index (χ4n) is 2.50. The zero-order valence-corrected chi connectivity index (χ0v) is 15.7. The van der Waals surface area contributed by atoms with E-state index in [0.717, 1.165) is 0 Å². The van der Waals surface area contributed by atoms with Crippen molar-refractivity contribution in [2.24, 2.45) is 0 Å². The highest BCUT2D eigenvalue weighted by atomic mass is 35.5. The molecule has 2 heterocycles. The maximum atomic E-state index is 12.7. The number of thiophene rings is 1. The molecule has 2 aromatic heterocycles. The van der Waals surface area contributed by atoms with Crippen molar-refractivity contribution in [3.8, 4) is 0 Å². The third-order valence-corrected chi connectivity index (χ3v) is 6.93. The third kappa shape index (κ3) is 3.51. The predicted octanol–water partition coefficient (Wildman–Crippen LogP) is 3.52. The van der Waals surface area contributed by atoms with Gasteiger partial charge in [0.1, 0.15) is 5.60 Å². The average molecular weight is 398 g/mol. The summed E-state index contributed by atoms with van der Waals surface area (Å²) in [6.07, 6.45) is 2.84. The lowest BCUT2D eigenvalue weighted by atomic mass is 9.95. The highest BCUT2D eigenvalue weighted by Gasteiger charge is 2.35. The summed E-state index contributed by atoms with van der Waals surface area (Å²) in [5.74, 6) is 0. The van der Waals surface area contributed by atoms with E-state index in [0.29, 0.717) is 21.0 Å². The van der Waals surface area contributed by atoms with Crippen LogP contribution in [0.15, 0.2) is 63.6 Å². The molecule has 0 aliphatic carbocycles. The van der Waals surface area contributed by atoms with Crippen LogP contribution >= 0.6 is 22.9 Å². The fraction of sp³-hybridized carbons (Fsp3) is 0.176. The summed E-state index contributed by atoms with van der Waals surface area (Å²) < 4.78 is 32.9. The molecule has 0 saturated heterocycles. The van der Waals surface area contributed by atoms with Gasteiger partial charge in [-0.05, 0) is 42.1 Å². The van der Waals surface area contributed by atoms with Crippen molar-refractivity contribution in [2.45, 2.75) is 17.4 Å². The minimum atomic E-state index is -3.85. The Balaban J connectivity index is 1.93. The molecule has 3 rings (SSSR count). The van der Waals surface area contributed by atoms with Crippen molar-refractivity contribution in [3.05, 3.63) is 75.3 Å². The number of aliphatic hydroxyl groups is 1. The summed E-state index contributed by atoms with van der Waals surface area (Å²) in [6, 6.07) is 9.83. The summed E-state index contributed by atoms with van der Waals surface area (Å²) in [6.45, 7) is 1.40. The van der Waals surface area contributed by atoms with Crippen LogP contribution in [0.5, 0.6) is 0 Å². The van der Waals surface area contributed by atoms with Gasteiger partial charge in [0, 0.05) is 22.0 Å². The summed E-state index contributed by atoms with van der Waals surface area (Å²) in [5, 5.41) is 13.3. The molecule has 1 aromatic carbocycles. The summed E-state index contributed by atoms with van der Waals surface area (Å²) in [7, 11) is -3.85. The lowest BCUT2D eigenvalue weighted by molar-refractivity contribution is 0.0892. The van der Waals surface area contributed by atoms with Gasteiger partial charge in [-0.2, -0.15) is 0 Å². The van der Waals surface area contributed by atoms with Crippen molar-refractivity contribution in [1.29, 1.82) is 0 Å². The average Bonchev–Trinajstić information content (AvgIpc) is 3.29. The first-order valence-corrected chi connectivity index (χ1v) is 10.1. The molecule has 0 unspecified atom stereocenters. The van der Waals surface area contributed by atoms with Gasteiger partial charge in [0.25, 0.3) is 0 Å². The third-order valence-electron chi connectivity index (χ3n) is 3.95. The van der Waals surface area contributed by atoms with Crippen LogP contribution < -0.4 is 4.72 Å². The largest absolute Gasteiger partial charge is 0.472 e. The first kappa shape index (κ1) is 18.2. The Bertz CT molecular complexity index is 916. The van der Waals surface area contributed by atoms with E-state index in [1.54, 1.807) is 37.3 Å². The lowest BCUT2D eigenvalue weighted by Gasteiger charge is -2.26. The summed E-state index contributed by atoms with van der Waals surface area (Å²) >= 11 is 7.35. The minimum Gasteiger partial charge on any atom is -0.472 e. The van der Waals surface area contributed by atoms with E-state index < -0.39 is 15.6 Å². The maximum absolute atomic E-state index is 12.7. The molecule has 132 valence electrons. The molecule has 0 amide bonds. The minimum absolute atomic E-state index is 0.0840. The van der Waals surface area contributed by atoms with Crippen molar-refractivity contribution in [2.75, 3.05) is 6.54 Å². The Morgan fingerprint density at radius 3 is 2.72 bits per heavy atom. The topological polar surface area (TPSA) is 79.5 Å². The molecule has 0 aliphatic rings. The van der Waals surface area contributed by atoms with E-state index in [1.165, 1.54) is 29.9 Å². The molecule has 25 heavy (non-hydrogen) atoms. The zero-order valence-electron chi connectivity index (χ0n) is 13.3. The Labute approximate surface area is 154 Å². The van der Waals surface area contributed by atoms with Crippen LogP contribution in [0.25, 0.3) is 0 Å². The first-order chi connectivity index (χ1) is 11.8. The number of sulfonamides is 1. The number of furan rings is 1. The molecule has 0 bridgehead atoms. The van der Waals surface area contributed by atoms with Crippen LogP contribution in [0.1, 0.15) is 16.0 Å². The second-order valence-corrected chi connectivity index (χ2v) is 8.63. The normalized spacial score (nSPS) is 14.4. The molecule has 0 aliphatic heterocycles. The van der Waals surface area contributed by atoms with Gasteiger partial charge in [0.2, 0.25) is 10.0 Å². The first-order valence-electron chi connectivity index (χ1n) is 7.38. The SMILES string of the molecule is Cc1c(Cl)cccc1S(=O)(=O)NC[C@](O)(c1ccoc1)c1cccs1. The zero-order chi connectivity index (χ0) is 18.1. The van der Waals surface area contributed by atoms with Crippen LogP contribution in [0.2, 0.25) is 5.02 Å². The van der Waals surface area contributed by atoms with Gasteiger partial charge in [-0.3, -0.25) is 0 Å². The highest BCUT2D eigenvalue weighted by Crippen LogP contribution is 2.33. The maximum Gasteiger partial charge on any atom is 0.241 e. The van der Waals surface area contributed by atoms with Crippen LogP contribution in [0.3, 0.4) is 0 Å². The Kier molecular flexibility index (Phi) is 5.04. The molecule has 5 nitrogen and oxygen atoms in total. The van der Waals surface area contributed by atoms with Crippen LogP contribution in [0.4, 0.5) is 0 Å². The van der Waals surface area contributed by atoms with Crippen molar-refractivity contribution >= 4 is 33.0 Å². The summed E-state index contributed by atoms with van der Waals surface area (Å²) in [4.78, 5) is 0.695. The second kappa shape index (κ2) is 6.93. The Hall–Kier alpha value is -1.64. The predicted molar refractivity (Wildman–Crippen MR) is 97.4 cm³/mol. The van der Waals surface area contributed by atoms with E-state index in [-0.39, 0.29) is 11.4 Å². The number of rotatable bonds is 6. The van der Waals surface area contributed by atoms with Crippen LogP contribution in [-0.2, 0) is 15.6 Å². The molecule has 0 fully saturated rings. The van der Waals surface area contributed by atoms with Gasteiger partial charge in [-0.25, -0.2) is 13.1 Å². The van der Waals surface area contributed by atoms with Crippen molar-refractivity contribution in [3.63, 3.8) is 0 Å². The molecule has 3 aromatic rings. The monoisotopic (exact) mass is 397 g/mol. The molecule has 0 spiro atoms. The van der Waals surface area contributed by atoms with E-state index in [9.17, 15) is 13.5 Å². The molecule has 0 saturated carbocycles. The van der Waals surface area contributed by atoms with Crippen molar-refractivity contribution < 1.29 is 17.9 Å². The van der Waals surface area contributed by atoms with E-state index in [2.05, 4.69) is 4.72 Å². The van der Waals surface area contributed by atoms with Gasteiger partial charge in [-0.1, -0.05) is 23.7 Å². The standard InChI is InChI=1S/C17H16ClNO4S2/c1-12-14(18)4-2-5-15(12)25(21,22)19-11-17(20,13-7-8-23-10-13)16-6-3-9-24-16/h2-10,19-20H,11H2,1H3/t17-/m0/s1. The van der Waals surface area contributed by atoms with Crippen LogP contribution in [-0.4, -0.2) is 20.1 Å². The number of hydrogen-bond acceptors (Lipinski definition) is 5. The molecule has 0 radical (unpaired) electrons. The highest BCUT2D eigenvalue weighted by molar-refractivity contribution is 7.89. The molecule has 2 N–H and O–H groups in total. The number of halogens is 1. The second-order valence-electron chi connectivity index (χ2n) is 5.54. The van der Waals surface area contributed by atoms with E-state index >= 15 is 0 Å². The van der Waals surface area contributed by atoms with Gasteiger partial charge in [-0.15, -0.1) is 11.3 Å². The van der Waals surface area contributed by atoms with Crippen LogP contribution in [0, 0.1) is 6.92 Å². The van der Waals surface area contributed by atoms with Gasteiger partial charge >= 0.3 is 0 Å². The molecule has 1 atom stereocenters. The molecular formula is C17H16ClNO4S2. The number of benzene rings is 1. The number of hydrogen-bond donors (Lipinski definition) is 2. The summed E-state index contributed by atoms with van der Waals surface area (Å²) in [5.41, 5.74) is -0.596. The lowest BCUT2D eigenvalue weighted by Crippen LogP contribution is -2.41. The van der Waals surface area contributed by atoms with Gasteiger partial charge in [0.15, 0.2) is 0 Å². The number of nitrogens with one attached hydrogen (secondary N) is 1. The Morgan fingerprint density at radius 1 is 1.28 bits per heavy atom. The quantitative estimate of drug-likeness (QED) is 0.667. The molecular weight excluding hydrogens is 382 g/mol. The fourth-order valence-corrected chi connectivity index (χ4v) is 4.90. The smallest absolute Gasteiger partial charge is 0.241 e. The van der Waals surface area contributed by atoms with Gasteiger partial charge < -0.3 is 9.52 Å². The van der Waals surface area contributed by atoms with E-state index in [1.807, 2.05) is 5.38 Å². The Morgan fingerprint density at radius 2 is 2.08 bits per heavy atom.